The average molecular weight is 982 g/mol. The van der Waals surface area contributed by atoms with Crippen molar-refractivity contribution in [1.29, 1.82) is 0 Å². The van der Waals surface area contributed by atoms with Gasteiger partial charge in [0, 0.05) is 27.9 Å². The molecule has 2 aliphatic carbocycles. The van der Waals surface area contributed by atoms with E-state index >= 15 is 0 Å². The Labute approximate surface area is 451 Å². The monoisotopic (exact) mass is 981 g/mol. The quantitative estimate of drug-likeness (QED) is 0.144. The van der Waals surface area contributed by atoms with Crippen molar-refractivity contribution in [1.82, 2.24) is 0 Å². The summed E-state index contributed by atoms with van der Waals surface area (Å²) in [5.41, 5.74) is 23.5. The van der Waals surface area contributed by atoms with Gasteiger partial charge in [-0.25, -0.2) is 0 Å². The molecule has 0 saturated heterocycles. The summed E-state index contributed by atoms with van der Waals surface area (Å²) in [5.74, 6) is 0. The second-order valence-electron chi connectivity index (χ2n) is 22.4. The highest BCUT2D eigenvalue weighted by atomic mass is 15.1. The Balaban J connectivity index is 0.998. The molecule has 2 aliphatic rings. The van der Waals surface area contributed by atoms with Crippen LogP contribution in [0, 0.1) is 0 Å². The zero-order valence-electron chi connectivity index (χ0n) is 43.8. The van der Waals surface area contributed by atoms with Crippen molar-refractivity contribution in [2.24, 2.45) is 0 Å². The van der Waals surface area contributed by atoms with E-state index in [1.807, 2.05) is 0 Å². The normalized spacial score (nSPS) is 13.7. The maximum absolute atomic E-state index is 2.53. The van der Waals surface area contributed by atoms with Crippen LogP contribution in [-0.4, -0.2) is 0 Å². The van der Waals surface area contributed by atoms with Crippen molar-refractivity contribution in [3.63, 3.8) is 0 Å². The minimum absolute atomic E-state index is 0.160. The van der Waals surface area contributed by atoms with Crippen LogP contribution in [0.1, 0.15) is 49.9 Å². The van der Waals surface area contributed by atoms with Gasteiger partial charge in [0.1, 0.15) is 0 Å². The molecular weight excluding hydrogens is 927 g/mol. The predicted octanol–water partition coefficient (Wildman–Crippen LogP) is 21.0. The molecule has 0 atom stereocenters. The van der Waals surface area contributed by atoms with Crippen molar-refractivity contribution >= 4 is 60.2 Å². The van der Waals surface area contributed by atoms with Gasteiger partial charge in [-0.2, -0.15) is 0 Å². The van der Waals surface area contributed by atoms with Gasteiger partial charge >= 0.3 is 0 Å². The smallest absolute Gasteiger partial charge is 0.0468 e. The van der Waals surface area contributed by atoms with E-state index in [2.05, 4.69) is 293 Å². The summed E-state index contributed by atoms with van der Waals surface area (Å²) >= 11 is 0. The second kappa shape index (κ2) is 17.1. The highest BCUT2D eigenvalue weighted by Gasteiger charge is 2.38. The lowest BCUT2D eigenvalue weighted by atomic mass is 9.81. The van der Waals surface area contributed by atoms with Gasteiger partial charge in [-0.1, -0.05) is 240 Å². The van der Waals surface area contributed by atoms with Gasteiger partial charge in [0.05, 0.1) is 0 Å². The van der Waals surface area contributed by atoms with Crippen LogP contribution in [0.5, 0.6) is 0 Å². The van der Waals surface area contributed by atoms with Gasteiger partial charge in [0.25, 0.3) is 0 Å². The van der Waals surface area contributed by atoms with E-state index in [0.29, 0.717) is 0 Å². The zero-order chi connectivity index (χ0) is 51.6. The Morgan fingerprint density at radius 3 is 1.36 bits per heavy atom. The molecule has 0 fully saturated rings. The van der Waals surface area contributed by atoms with Crippen LogP contribution in [-0.2, 0) is 10.8 Å². The third kappa shape index (κ3) is 6.93. The molecule has 1 heteroatoms. The van der Waals surface area contributed by atoms with Crippen LogP contribution in [0.25, 0.3) is 110 Å². The van der Waals surface area contributed by atoms with Crippen molar-refractivity contribution in [2.45, 2.75) is 38.5 Å². The van der Waals surface area contributed by atoms with Gasteiger partial charge in [0.15, 0.2) is 0 Å². The fourth-order valence-electron chi connectivity index (χ4n) is 13.6. The molecule has 0 unspecified atom stereocenters. The van der Waals surface area contributed by atoms with E-state index in [-0.39, 0.29) is 10.8 Å². The number of rotatable bonds is 7. The fourth-order valence-corrected chi connectivity index (χ4v) is 13.6. The molecule has 13 aromatic carbocycles. The molecule has 0 spiro atoms. The SMILES string of the molecule is CC1(C)c2ccccc2-c2ccc(N(c3ccc4c(c3)C(C)(C)c3ccccc3-4)c3ccc4c(c3)c3ccccc3c3c(-c5ccccc5)cc(-c5ccc(-c6ccc7ccccc7c6)cc5)c(-c5ccccc5)c43)cc21. The largest absolute Gasteiger partial charge is 0.310 e. The number of fused-ring (bicyclic) bond motifs is 13. The summed E-state index contributed by atoms with van der Waals surface area (Å²) in [7, 11) is 0. The highest BCUT2D eigenvalue weighted by Crippen LogP contribution is 2.55. The van der Waals surface area contributed by atoms with Crippen LogP contribution in [0.15, 0.2) is 261 Å². The third-order valence-electron chi connectivity index (χ3n) is 17.4. The second-order valence-corrected chi connectivity index (χ2v) is 22.4. The molecule has 0 saturated carbocycles. The molecular formula is C76H55N. The van der Waals surface area contributed by atoms with Crippen LogP contribution < -0.4 is 4.90 Å². The molecule has 1 nitrogen and oxygen atoms in total. The fraction of sp³-hybridized carbons (Fsp3) is 0.0789. The first kappa shape index (κ1) is 45.1. The first-order valence-corrected chi connectivity index (χ1v) is 27.2. The lowest BCUT2D eigenvalue weighted by Gasteiger charge is -2.30. The minimum Gasteiger partial charge on any atom is -0.310 e. The Hall–Kier alpha value is -9.30. The average Bonchev–Trinajstić information content (AvgIpc) is 4.02. The maximum Gasteiger partial charge on any atom is 0.0468 e. The summed E-state index contributed by atoms with van der Waals surface area (Å²) in [5, 5.41) is 9.94. The number of anilines is 3. The van der Waals surface area contributed by atoms with E-state index in [1.54, 1.807) is 0 Å². The van der Waals surface area contributed by atoms with Crippen molar-refractivity contribution in [2.75, 3.05) is 4.90 Å². The Morgan fingerprint density at radius 1 is 0.247 bits per heavy atom. The number of hydrogen-bond donors (Lipinski definition) is 0. The Bertz CT molecular complexity index is 4430. The van der Waals surface area contributed by atoms with Gasteiger partial charge in [-0.15, -0.1) is 0 Å². The van der Waals surface area contributed by atoms with Crippen LogP contribution in [0.2, 0.25) is 0 Å². The first-order chi connectivity index (χ1) is 37.7. The van der Waals surface area contributed by atoms with Crippen LogP contribution >= 0.6 is 0 Å². The molecule has 0 N–H and O–H groups in total. The first-order valence-electron chi connectivity index (χ1n) is 27.2. The van der Waals surface area contributed by atoms with Crippen molar-refractivity contribution in [3.8, 4) is 66.8 Å². The summed E-state index contributed by atoms with van der Waals surface area (Å²) in [6.45, 7) is 9.54. The predicted molar refractivity (Wildman–Crippen MR) is 328 cm³/mol. The molecule has 0 radical (unpaired) electrons. The molecule has 0 bridgehead atoms. The van der Waals surface area contributed by atoms with Gasteiger partial charge in [0.2, 0.25) is 0 Å². The van der Waals surface area contributed by atoms with E-state index in [1.165, 1.54) is 132 Å². The number of nitrogens with zero attached hydrogens (tertiary/aromatic N) is 1. The van der Waals surface area contributed by atoms with E-state index in [9.17, 15) is 0 Å². The summed E-state index contributed by atoms with van der Waals surface area (Å²) in [4.78, 5) is 2.53. The Morgan fingerprint density at radius 2 is 0.714 bits per heavy atom. The molecule has 77 heavy (non-hydrogen) atoms. The topological polar surface area (TPSA) is 3.24 Å². The zero-order valence-corrected chi connectivity index (χ0v) is 43.8. The molecule has 13 aromatic rings. The summed E-state index contributed by atoms with van der Waals surface area (Å²) < 4.78 is 0. The molecule has 0 aliphatic heterocycles. The van der Waals surface area contributed by atoms with Crippen LogP contribution in [0.4, 0.5) is 17.1 Å². The minimum atomic E-state index is -0.160. The highest BCUT2D eigenvalue weighted by molar-refractivity contribution is 6.33. The molecule has 364 valence electrons. The van der Waals surface area contributed by atoms with E-state index in [0.717, 1.165) is 17.1 Å². The Kier molecular flexibility index (Phi) is 10.0. The molecule has 0 heterocycles. The van der Waals surface area contributed by atoms with Crippen molar-refractivity contribution in [3.05, 3.63) is 283 Å². The summed E-state index contributed by atoms with van der Waals surface area (Å²) in [6.07, 6.45) is 0. The standard InChI is InChI=1S/C76H55N/c1-75(2)68-29-17-15-26-59(68)61-40-37-56(45-70(61)75)77(57-38-41-62-60-27-16-18-30-69(60)76(3,4)71(62)46-57)55-39-42-64-67(44-55)58-25-13-14-28-63(58)73-66(50-20-7-5-8-21-50)47-65(72(74(64)73)52-22-9-6-10-23-52)51-34-31-49(32-35-51)54-36-33-48-19-11-12-24-53(48)43-54/h5-47H,1-4H3. The molecule has 15 rings (SSSR count). The van der Waals surface area contributed by atoms with Gasteiger partial charge in [-0.05, 0) is 181 Å². The molecule has 0 aromatic heterocycles. The van der Waals surface area contributed by atoms with Gasteiger partial charge in [-0.3, -0.25) is 0 Å². The van der Waals surface area contributed by atoms with E-state index < -0.39 is 0 Å². The lowest BCUT2D eigenvalue weighted by molar-refractivity contribution is 0.660. The van der Waals surface area contributed by atoms with Crippen molar-refractivity contribution < 1.29 is 0 Å². The van der Waals surface area contributed by atoms with Gasteiger partial charge < -0.3 is 4.90 Å². The lowest BCUT2D eigenvalue weighted by Crippen LogP contribution is -2.18. The summed E-state index contributed by atoms with van der Waals surface area (Å²) in [6, 6.07) is 98.0. The number of hydrogen-bond acceptors (Lipinski definition) is 1. The third-order valence-corrected chi connectivity index (χ3v) is 17.4. The number of benzene rings is 13. The molecule has 0 amide bonds. The maximum atomic E-state index is 2.53. The van der Waals surface area contributed by atoms with E-state index in [4.69, 9.17) is 0 Å². The van der Waals surface area contributed by atoms with Crippen LogP contribution in [0.3, 0.4) is 0 Å².